The Morgan fingerprint density at radius 3 is 2.48 bits per heavy atom. The van der Waals surface area contributed by atoms with Crippen LogP contribution in [-0.2, 0) is 14.3 Å². The molecule has 2 atom stereocenters. The van der Waals surface area contributed by atoms with Crippen LogP contribution in [0.15, 0.2) is 42.0 Å². The van der Waals surface area contributed by atoms with Crippen LogP contribution in [0, 0.1) is 0 Å². The molecule has 0 bridgehead atoms. The molecule has 0 radical (unpaired) electrons. The van der Waals surface area contributed by atoms with Crippen LogP contribution in [0.2, 0.25) is 10.0 Å². The molecule has 2 aliphatic rings. The first kappa shape index (κ1) is 23.4. The van der Waals surface area contributed by atoms with E-state index in [4.69, 9.17) is 37.4 Å². The number of methoxy groups -OCH3 is 2. The molecule has 4 rings (SSSR count). The zero-order chi connectivity index (χ0) is 23.7. The fourth-order valence-corrected chi connectivity index (χ4v) is 4.87. The summed E-state index contributed by atoms with van der Waals surface area (Å²) < 4.78 is 16.3. The second kappa shape index (κ2) is 9.63. The minimum Gasteiger partial charge on any atom is -0.507 e. The average Bonchev–Trinajstić information content (AvgIpc) is 3.40. The van der Waals surface area contributed by atoms with E-state index in [0.717, 1.165) is 12.8 Å². The summed E-state index contributed by atoms with van der Waals surface area (Å²) in [6.07, 6.45) is 1.50. The van der Waals surface area contributed by atoms with E-state index >= 15 is 0 Å². The standard InChI is InChI=1S/C24H23Cl2NO6/c1-31-15-7-5-13(6-8-15)20-19(21(28)17-10-14(25)11-18(26)23(17)32-2)22(29)24(30)27(20)12-16-4-3-9-33-16/h5-8,10-11,16,20,28H,3-4,9,12H2,1-2H3/b21-19+. The normalized spacial score (nSPS) is 22.1. The number of carbonyl (C=O) groups excluding carboxylic acids is 2. The molecule has 174 valence electrons. The van der Waals surface area contributed by atoms with Crippen molar-refractivity contribution in [2.24, 2.45) is 0 Å². The van der Waals surface area contributed by atoms with Crippen LogP contribution < -0.4 is 9.47 Å². The lowest BCUT2D eigenvalue weighted by Gasteiger charge is -2.27. The molecule has 33 heavy (non-hydrogen) atoms. The number of aliphatic hydroxyl groups is 1. The van der Waals surface area contributed by atoms with Crippen molar-refractivity contribution in [2.45, 2.75) is 25.0 Å². The van der Waals surface area contributed by atoms with Crippen molar-refractivity contribution in [3.63, 3.8) is 0 Å². The Morgan fingerprint density at radius 2 is 1.88 bits per heavy atom. The number of ketones is 1. The molecule has 1 N–H and O–H groups in total. The van der Waals surface area contributed by atoms with Crippen LogP contribution in [0.4, 0.5) is 0 Å². The molecule has 2 aromatic rings. The van der Waals surface area contributed by atoms with Gasteiger partial charge in [-0.15, -0.1) is 0 Å². The highest BCUT2D eigenvalue weighted by Crippen LogP contribution is 2.43. The zero-order valence-electron chi connectivity index (χ0n) is 18.1. The average molecular weight is 492 g/mol. The van der Waals surface area contributed by atoms with E-state index in [0.29, 0.717) is 17.9 Å². The van der Waals surface area contributed by atoms with Gasteiger partial charge < -0.3 is 24.2 Å². The van der Waals surface area contributed by atoms with Gasteiger partial charge >= 0.3 is 0 Å². The highest BCUT2D eigenvalue weighted by molar-refractivity contribution is 6.46. The van der Waals surface area contributed by atoms with Gasteiger partial charge in [0.1, 0.15) is 17.3 Å². The third-order valence-electron chi connectivity index (χ3n) is 5.86. The summed E-state index contributed by atoms with van der Waals surface area (Å²) in [4.78, 5) is 27.7. The van der Waals surface area contributed by atoms with E-state index in [-0.39, 0.29) is 39.6 Å². The number of halogens is 2. The number of Topliss-reactive ketones (excluding diaryl/α,β-unsaturated/α-hetero) is 1. The van der Waals surface area contributed by atoms with Crippen LogP contribution in [-0.4, -0.2) is 55.2 Å². The fourth-order valence-electron chi connectivity index (χ4n) is 4.30. The minimum atomic E-state index is -0.831. The topological polar surface area (TPSA) is 85.3 Å². The molecular formula is C24H23Cl2NO6. The Kier molecular flexibility index (Phi) is 6.83. The first-order valence-electron chi connectivity index (χ1n) is 10.4. The molecule has 2 aliphatic heterocycles. The smallest absolute Gasteiger partial charge is 0.295 e. The van der Waals surface area contributed by atoms with E-state index in [9.17, 15) is 14.7 Å². The Morgan fingerprint density at radius 1 is 1.15 bits per heavy atom. The summed E-state index contributed by atoms with van der Waals surface area (Å²) in [6, 6.07) is 9.07. The molecule has 0 aromatic heterocycles. The lowest BCUT2D eigenvalue weighted by Crippen LogP contribution is -2.36. The number of aliphatic hydroxyl groups excluding tert-OH is 1. The first-order valence-corrected chi connectivity index (χ1v) is 11.2. The molecule has 9 heteroatoms. The predicted molar refractivity (Wildman–Crippen MR) is 124 cm³/mol. The van der Waals surface area contributed by atoms with Crippen LogP contribution in [0.5, 0.6) is 11.5 Å². The van der Waals surface area contributed by atoms with Gasteiger partial charge in [0.2, 0.25) is 0 Å². The molecule has 2 fully saturated rings. The highest BCUT2D eigenvalue weighted by atomic mass is 35.5. The Labute approximate surface area is 201 Å². The van der Waals surface area contributed by atoms with Crippen molar-refractivity contribution in [3.8, 4) is 11.5 Å². The molecule has 0 aliphatic carbocycles. The maximum atomic E-state index is 13.2. The van der Waals surface area contributed by atoms with Crippen LogP contribution in [0.1, 0.15) is 30.0 Å². The fraction of sp³-hybridized carbons (Fsp3) is 0.333. The van der Waals surface area contributed by atoms with Crippen LogP contribution in [0.25, 0.3) is 5.76 Å². The van der Waals surface area contributed by atoms with Gasteiger partial charge in [-0.2, -0.15) is 0 Å². The van der Waals surface area contributed by atoms with Crippen molar-refractivity contribution in [2.75, 3.05) is 27.4 Å². The van der Waals surface area contributed by atoms with E-state index in [2.05, 4.69) is 0 Å². The van der Waals surface area contributed by atoms with Gasteiger partial charge in [-0.25, -0.2) is 0 Å². The van der Waals surface area contributed by atoms with Crippen molar-refractivity contribution < 1.29 is 28.9 Å². The Bertz CT molecular complexity index is 1110. The van der Waals surface area contributed by atoms with Gasteiger partial charge in [-0.05, 0) is 42.7 Å². The number of ether oxygens (including phenoxy) is 3. The van der Waals surface area contributed by atoms with Gasteiger partial charge in [0.05, 0.1) is 42.5 Å². The zero-order valence-corrected chi connectivity index (χ0v) is 19.7. The molecule has 7 nitrogen and oxygen atoms in total. The third-order valence-corrected chi connectivity index (χ3v) is 6.36. The number of hydrogen-bond donors (Lipinski definition) is 1. The maximum Gasteiger partial charge on any atom is 0.295 e. The maximum absolute atomic E-state index is 13.2. The number of carbonyl (C=O) groups is 2. The Balaban J connectivity index is 1.88. The van der Waals surface area contributed by atoms with Crippen molar-refractivity contribution >= 4 is 40.7 Å². The second-order valence-electron chi connectivity index (χ2n) is 7.83. The summed E-state index contributed by atoms with van der Waals surface area (Å²) in [5, 5.41) is 11.7. The second-order valence-corrected chi connectivity index (χ2v) is 8.67. The molecule has 2 saturated heterocycles. The molecular weight excluding hydrogens is 469 g/mol. The highest BCUT2D eigenvalue weighted by Gasteiger charge is 2.47. The summed E-state index contributed by atoms with van der Waals surface area (Å²) in [5.41, 5.74) is 0.699. The summed E-state index contributed by atoms with van der Waals surface area (Å²) in [5.74, 6) is -1.15. The number of nitrogens with zero attached hydrogens (tertiary/aromatic N) is 1. The molecule has 2 heterocycles. The Hall–Kier alpha value is -2.74. The molecule has 0 spiro atoms. The number of hydrogen-bond acceptors (Lipinski definition) is 6. The van der Waals surface area contributed by atoms with E-state index in [1.54, 1.807) is 31.4 Å². The quantitative estimate of drug-likeness (QED) is 0.360. The summed E-state index contributed by atoms with van der Waals surface area (Å²) in [6.45, 7) is 0.839. The van der Waals surface area contributed by atoms with E-state index in [1.165, 1.54) is 24.1 Å². The van der Waals surface area contributed by atoms with Crippen LogP contribution >= 0.6 is 23.2 Å². The summed E-state index contributed by atoms with van der Waals surface area (Å²) in [7, 11) is 2.94. The largest absolute Gasteiger partial charge is 0.507 e. The van der Waals surface area contributed by atoms with Gasteiger partial charge in [0.25, 0.3) is 11.7 Å². The number of rotatable bonds is 6. The first-order chi connectivity index (χ1) is 15.8. The third kappa shape index (κ3) is 4.40. The van der Waals surface area contributed by atoms with E-state index in [1.807, 2.05) is 0 Å². The molecule has 2 aromatic carbocycles. The lowest BCUT2D eigenvalue weighted by atomic mass is 9.94. The van der Waals surface area contributed by atoms with E-state index < -0.39 is 23.5 Å². The number of likely N-dealkylation sites (tertiary alicyclic amines) is 1. The monoisotopic (exact) mass is 491 g/mol. The van der Waals surface area contributed by atoms with Gasteiger partial charge in [0, 0.05) is 18.2 Å². The molecule has 1 amide bonds. The predicted octanol–water partition coefficient (Wildman–Crippen LogP) is 4.61. The molecule has 0 saturated carbocycles. The summed E-state index contributed by atoms with van der Waals surface area (Å²) >= 11 is 12.4. The number of benzene rings is 2. The lowest BCUT2D eigenvalue weighted by molar-refractivity contribution is -0.140. The van der Waals surface area contributed by atoms with Crippen LogP contribution in [0.3, 0.4) is 0 Å². The minimum absolute atomic E-state index is 0.0696. The van der Waals surface area contributed by atoms with Crippen molar-refractivity contribution in [3.05, 3.63) is 63.1 Å². The number of amides is 1. The van der Waals surface area contributed by atoms with Crippen molar-refractivity contribution in [1.29, 1.82) is 0 Å². The van der Waals surface area contributed by atoms with Gasteiger partial charge in [0.15, 0.2) is 0 Å². The SMILES string of the molecule is COc1ccc(C2/C(=C(\O)c3cc(Cl)cc(Cl)c3OC)C(=O)C(=O)N2CC2CCCO2)cc1. The molecule has 2 unspecified atom stereocenters. The van der Waals surface area contributed by atoms with Gasteiger partial charge in [-0.1, -0.05) is 35.3 Å². The van der Waals surface area contributed by atoms with Crippen molar-refractivity contribution in [1.82, 2.24) is 4.90 Å². The van der Waals surface area contributed by atoms with Gasteiger partial charge in [-0.3, -0.25) is 9.59 Å².